The van der Waals surface area contributed by atoms with Crippen LogP contribution in [0.1, 0.15) is 18.3 Å². The highest BCUT2D eigenvalue weighted by atomic mass is 16.6. The molecule has 0 fully saturated rings. The minimum atomic E-state index is 0.896. The number of hydrogen-bond donors (Lipinski definition) is 0. The first kappa shape index (κ1) is 5.28. The number of aryl methyl sites for hydroxylation is 2. The van der Waals surface area contributed by atoms with Crippen LogP contribution in [0.5, 0.6) is 0 Å². The second-order valence-corrected chi connectivity index (χ2v) is 1.65. The Balaban J connectivity index is 2.92. The minimum Gasteiger partial charge on any atom is -0.244 e. The van der Waals surface area contributed by atoms with Crippen molar-refractivity contribution < 1.29 is 4.63 Å². The van der Waals surface area contributed by atoms with Crippen molar-refractivity contribution in [2.45, 2.75) is 20.3 Å². The van der Waals surface area contributed by atoms with Crippen molar-refractivity contribution in [3.05, 3.63) is 11.4 Å². The van der Waals surface area contributed by atoms with Gasteiger partial charge in [0.15, 0.2) is 0 Å². The van der Waals surface area contributed by atoms with Crippen molar-refractivity contribution in [3.8, 4) is 0 Å². The molecule has 0 radical (unpaired) electrons. The van der Waals surface area contributed by atoms with Gasteiger partial charge in [-0.2, -0.15) is 0 Å². The van der Waals surface area contributed by atoms with E-state index in [0.29, 0.717) is 0 Å². The van der Waals surface area contributed by atoms with Gasteiger partial charge >= 0.3 is 0 Å². The Bertz CT molecular complexity index is 171. The number of nitrogens with zero attached hydrogens (tertiary/aromatic N) is 2. The van der Waals surface area contributed by atoms with Gasteiger partial charge in [0.2, 0.25) is 0 Å². The lowest BCUT2D eigenvalue weighted by atomic mass is 10.3. The van der Waals surface area contributed by atoms with Gasteiger partial charge < -0.3 is 0 Å². The normalized spacial score (nSPS) is 9.75. The zero-order valence-electron chi connectivity index (χ0n) is 5.01. The van der Waals surface area contributed by atoms with E-state index in [9.17, 15) is 0 Å². The molecule has 0 unspecified atom stereocenters. The molecule has 1 heterocycles. The summed E-state index contributed by atoms with van der Waals surface area (Å²) in [4.78, 5) is 0. The van der Waals surface area contributed by atoms with E-state index in [1.165, 1.54) is 0 Å². The van der Waals surface area contributed by atoms with Crippen LogP contribution < -0.4 is 0 Å². The van der Waals surface area contributed by atoms with Gasteiger partial charge in [-0.15, -0.1) is 0 Å². The summed E-state index contributed by atoms with van der Waals surface area (Å²) >= 11 is 0. The van der Waals surface area contributed by atoms with E-state index in [0.717, 1.165) is 17.8 Å². The van der Waals surface area contributed by atoms with Crippen LogP contribution in [0.4, 0.5) is 0 Å². The summed E-state index contributed by atoms with van der Waals surface area (Å²) in [7, 11) is 0. The van der Waals surface area contributed by atoms with Crippen LogP contribution in [-0.2, 0) is 6.42 Å². The third kappa shape index (κ3) is 0.710. The van der Waals surface area contributed by atoms with Crippen molar-refractivity contribution in [2.24, 2.45) is 0 Å². The average Bonchev–Trinajstić information content (AvgIpc) is 2.14. The molecule has 0 amide bonds. The smallest absolute Gasteiger partial charge is 0.107 e. The Morgan fingerprint density at radius 3 is 2.50 bits per heavy atom. The fraction of sp³-hybridized carbons (Fsp3) is 0.600. The lowest BCUT2D eigenvalue weighted by Gasteiger charge is -1.80. The zero-order valence-corrected chi connectivity index (χ0v) is 5.01. The Labute approximate surface area is 47.7 Å². The standard InChI is InChI=1S/C5H8N2O/c1-3-5-4(2)6-8-7-5/h3H2,1-2H3. The maximum absolute atomic E-state index is 4.44. The quantitative estimate of drug-likeness (QED) is 0.542. The molecule has 0 spiro atoms. The second kappa shape index (κ2) is 1.94. The van der Waals surface area contributed by atoms with E-state index >= 15 is 0 Å². The summed E-state index contributed by atoms with van der Waals surface area (Å²) in [6, 6.07) is 0. The van der Waals surface area contributed by atoms with E-state index in [4.69, 9.17) is 0 Å². The molecule has 0 bridgehead atoms. The second-order valence-electron chi connectivity index (χ2n) is 1.65. The molecule has 3 nitrogen and oxygen atoms in total. The van der Waals surface area contributed by atoms with Crippen LogP contribution in [-0.4, -0.2) is 10.3 Å². The van der Waals surface area contributed by atoms with Crippen molar-refractivity contribution >= 4 is 0 Å². The monoisotopic (exact) mass is 112 g/mol. The number of aromatic nitrogens is 2. The molecule has 1 rings (SSSR count). The molecule has 1 aromatic rings. The highest BCUT2D eigenvalue weighted by molar-refractivity contribution is 5.03. The van der Waals surface area contributed by atoms with Crippen molar-refractivity contribution in [2.75, 3.05) is 0 Å². The maximum atomic E-state index is 4.44. The predicted octanol–water partition coefficient (Wildman–Crippen LogP) is 0.940. The molecule has 0 atom stereocenters. The lowest BCUT2D eigenvalue weighted by molar-refractivity contribution is 0.301. The fourth-order valence-electron chi connectivity index (χ4n) is 0.570. The van der Waals surface area contributed by atoms with Crippen molar-refractivity contribution in [3.63, 3.8) is 0 Å². The fourth-order valence-corrected chi connectivity index (χ4v) is 0.570. The third-order valence-electron chi connectivity index (χ3n) is 1.08. The van der Waals surface area contributed by atoms with E-state index in [1.54, 1.807) is 0 Å². The van der Waals surface area contributed by atoms with Crippen LogP contribution in [0.15, 0.2) is 4.63 Å². The van der Waals surface area contributed by atoms with Gasteiger partial charge in [-0.3, -0.25) is 0 Å². The third-order valence-corrected chi connectivity index (χ3v) is 1.08. The van der Waals surface area contributed by atoms with Crippen molar-refractivity contribution in [1.29, 1.82) is 0 Å². The van der Waals surface area contributed by atoms with Gasteiger partial charge in [0.05, 0.1) is 0 Å². The first-order chi connectivity index (χ1) is 3.84. The molecule has 3 heteroatoms. The van der Waals surface area contributed by atoms with Crippen LogP contribution in [0.3, 0.4) is 0 Å². The first-order valence-corrected chi connectivity index (χ1v) is 2.62. The Morgan fingerprint density at radius 2 is 2.25 bits per heavy atom. The largest absolute Gasteiger partial charge is 0.244 e. The van der Waals surface area contributed by atoms with E-state index in [1.807, 2.05) is 13.8 Å². The summed E-state index contributed by atoms with van der Waals surface area (Å²) < 4.78 is 4.44. The Morgan fingerprint density at radius 1 is 1.50 bits per heavy atom. The van der Waals surface area contributed by atoms with E-state index in [2.05, 4.69) is 14.9 Å². The van der Waals surface area contributed by atoms with Crippen LogP contribution in [0.2, 0.25) is 0 Å². The van der Waals surface area contributed by atoms with Gasteiger partial charge in [0.25, 0.3) is 0 Å². The predicted molar refractivity (Wildman–Crippen MR) is 28.4 cm³/mol. The molecule has 0 N–H and O–H groups in total. The first-order valence-electron chi connectivity index (χ1n) is 2.62. The van der Waals surface area contributed by atoms with Crippen LogP contribution >= 0.6 is 0 Å². The molecular weight excluding hydrogens is 104 g/mol. The lowest BCUT2D eigenvalue weighted by Crippen LogP contribution is -1.81. The summed E-state index contributed by atoms with van der Waals surface area (Å²) in [6.07, 6.45) is 0.898. The van der Waals surface area contributed by atoms with Gasteiger partial charge in [0.1, 0.15) is 11.4 Å². The molecule has 0 aliphatic rings. The zero-order chi connectivity index (χ0) is 5.98. The molecule has 44 valence electrons. The minimum absolute atomic E-state index is 0.896. The molecule has 8 heavy (non-hydrogen) atoms. The van der Waals surface area contributed by atoms with Gasteiger partial charge in [-0.05, 0) is 13.3 Å². The molecule has 0 saturated heterocycles. The highest BCUT2D eigenvalue weighted by Gasteiger charge is 1.98. The average molecular weight is 112 g/mol. The number of rotatable bonds is 1. The molecule has 1 aromatic heterocycles. The number of hydrogen-bond acceptors (Lipinski definition) is 3. The van der Waals surface area contributed by atoms with Gasteiger partial charge in [-0.25, -0.2) is 4.63 Å². The topological polar surface area (TPSA) is 38.9 Å². The van der Waals surface area contributed by atoms with Crippen LogP contribution in [0.25, 0.3) is 0 Å². The van der Waals surface area contributed by atoms with Crippen LogP contribution in [0, 0.1) is 6.92 Å². The molecule has 0 saturated carbocycles. The van der Waals surface area contributed by atoms with E-state index in [-0.39, 0.29) is 0 Å². The van der Waals surface area contributed by atoms with Crippen molar-refractivity contribution in [1.82, 2.24) is 10.3 Å². The SMILES string of the molecule is CCc1nonc1C. The summed E-state index contributed by atoms with van der Waals surface area (Å²) in [6.45, 7) is 3.90. The highest BCUT2D eigenvalue weighted by Crippen LogP contribution is 1.98. The molecule has 0 aliphatic heterocycles. The maximum Gasteiger partial charge on any atom is 0.107 e. The Kier molecular flexibility index (Phi) is 1.28. The summed E-state index contributed by atoms with van der Waals surface area (Å²) in [5.41, 5.74) is 1.84. The van der Waals surface area contributed by atoms with E-state index < -0.39 is 0 Å². The Hall–Kier alpha value is -0.860. The van der Waals surface area contributed by atoms with Gasteiger partial charge in [0, 0.05) is 0 Å². The molecular formula is C5H8N2O. The molecule has 0 aromatic carbocycles. The summed E-state index contributed by atoms with van der Waals surface area (Å²) in [5.74, 6) is 0. The molecule has 0 aliphatic carbocycles. The van der Waals surface area contributed by atoms with Gasteiger partial charge in [-0.1, -0.05) is 17.2 Å². The summed E-state index contributed by atoms with van der Waals surface area (Å²) in [5, 5.41) is 7.25.